The second-order valence-electron chi connectivity index (χ2n) is 4.43. The number of aryl methyl sites for hydroxylation is 1. The fourth-order valence-corrected chi connectivity index (χ4v) is 2.08. The Kier molecular flexibility index (Phi) is 2.89. The fraction of sp³-hybridized carbons (Fsp3) is 0.0667. The molecule has 0 atom stereocenters. The highest BCUT2D eigenvalue weighted by Gasteiger charge is 2.19. The number of hydrogen-bond acceptors (Lipinski definition) is 2. The van der Waals surface area contributed by atoms with Gasteiger partial charge in [-0.05, 0) is 24.6 Å². The molecular weight excluding hydrogens is 265 g/mol. The molecule has 0 amide bonds. The maximum absolute atomic E-state index is 13.9. The van der Waals surface area contributed by atoms with Crippen LogP contribution in [0.4, 0.5) is 13.2 Å². The largest absolute Gasteiger partial charge is 0.236 e. The fourth-order valence-electron chi connectivity index (χ4n) is 2.08. The smallest absolute Gasteiger partial charge is 0.195 e. The lowest BCUT2D eigenvalue weighted by atomic mass is 10.1. The SMILES string of the molecule is Cc1cc(F)c(F)c(F)c1-c1ncc2ccccc2n1. The number of halogens is 3. The normalized spacial score (nSPS) is 11.0. The van der Waals surface area contributed by atoms with Crippen LogP contribution < -0.4 is 0 Å². The molecule has 3 aromatic rings. The van der Waals surface area contributed by atoms with Gasteiger partial charge in [-0.25, -0.2) is 23.1 Å². The monoisotopic (exact) mass is 274 g/mol. The zero-order chi connectivity index (χ0) is 14.3. The van der Waals surface area contributed by atoms with Crippen LogP contribution in [-0.4, -0.2) is 9.97 Å². The van der Waals surface area contributed by atoms with Crippen molar-refractivity contribution in [1.82, 2.24) is 9.97 Å². The van der Waals surface area contributed by atoms with E-state index in [1.165, 1.54) is 13.1 Å². The molecule has 1 aromatic heterocycles. The minimum Gasteiger partial charge on any atom is -0.236 e. The summed E-state index contributed by atoms with van der Waals surface area (Å²) in [6.45, 7) is 1.49. The number of para-hydroxylation sites is 1. The summed E-state index contributed by atoms with van der Waals surface area (Å²) in [7, 11) is 0. The second kappa shape index (κ2) is 4.59. The molecule has 0 spiro atoms. The summed E-state index contributed by atoms with van der Waals surface area (Å²) in [4.78, 5) is 8.23. The molecule has 5 heteroatoms. The molecule has 2 nitrogen and oxygen atoms in total. The third-order valence-electron chi connectivity index (χ3n) is 3.07. The van der Waals surface area contributed by atoms with Gasteiger partial charge in [-0.15, -0.1) is 0 Å². The van der Waals surface area contributed by atoms with Gasteiger partial charge in [0.1, 0.15) is 0 Å². The lowest BCUT2D eigenvalue weighted by Crippen LogP contribution is -2.01. The van der Waals surface area contributed by atoms with Crippen molar-refractivity contribution in [2.45, 2.75) is 6.92 Å². The van der Waals surface area contributed by atoms with E-state index in [1.807, 2.05) is 12.1 Å². The van der Waals surface area contributed by atoms with Gasteiger partial charge in [-0.2, -0.15) is 0 Å². The Labute approximate surface area is 112 Å². The molecule has 0 saturated carbocycles. The highest BCUT2D eigenvalue weighted by Crippen LogP contribution is 2.28. The average Bonchev–Trinajstić information content (AvgIpc) is 2.45. The third-order valence-corrected chi connectivity index (χ3v) is 3.07. The van der Waals surface area contributed by atoms with Gasteiger partial charge in [-0.1, -0.05) is 18.2 Å². The third kappa shape index (κ3) is 1.91. The van der Waals surface area contributed by atoms with Gasteiger partial charge in [0, 0.05) is 11.6 Å². The van der Waals surface area contributed by atoms with Gasteiger partial charge in [-0.3, -0.25) is 0 Å². The van der Waals surface area contributed by atoms with E-state index in [-0.39, 0.29) is 17.0 Å². The van der Waals surface area contributed by atoms with Crippen LogP contribution >= 0.6 is 0 Å². The predicted octanol–water partition coefficient (Wildman–Crippen LogP) is 4.02. The van der Waals surface area contributed by atoms with E-state index in [0.717, 1.165) is 11.5 Å². The van der Waals surface area contributed by atoms with E-state index in [1.54, 1.807) is 12.1 Å². The number of fused-ring (bicyclic) bond motifs is 1. The Morgan fingerprint density at radius 2 is 1.75 bits per heavy atom. The van der Waals surface area contributed by atoms with Gasteiger partial charge in [0.05, 0.1) is 11.1 Å². The first-order chi connectivity index (χ1) is 9.58. The van der Waals surface area contributed by atoms with Gasteiger partial charge in [0.2, 0.25) is 0 Å². The molecule has 0 aliphatic heterocycles. The topological polar surface area (TPSA) is 25.8 Å². The number of hydrogen-bond donors (Lipinski definition) is 0. The minimum absolute atomic E-state index is 0.0394. The van der Waals surface area contributed by atoms with Crippen LogP contribution in [0.15, 0.2) is 36.5 Å². The molecule has 0 bridgehead atoms. The highest BCUT2D eigenvalue weighted by atomic mass is 19.2. The molecule has 3 rings (SSSR count). The van der Waals surface area contributed by atoms with Crippen molar-refractivity contribution in [1.29, 1.82) is 0 Å². The first kappa shape index (κ1) is 12.6. The highest BCUT2D eigenvalue weighted by molar-refractivity contribution is 5.79. The van der Waals surface area contributed by atoms with Gasteiger partial charge >= 0.3 is 0 Å². The zero-order valence-electron chi connectivity index (χ0n) is 10.5. The summed E-state index contributed by atoms with van der Waals surface area (Å²) in [5, 5.41) is 0.789. The number of rotatable bonds is 1. The Morgan fingerprint density at radius 3 is 2.55 bits per heavy atom. The molecule has 20 heavy (non-hydrogen) atoms. The molecule has 1 heterocycles. The molecule has 2 aromatic carbocycles. The van der Waals surface area contributed by atoms with Gasteiger partial charge in [0.15, 0.2) is 23.3 Å². The van der Waals surface area contributed by atoms with E-state index < -0.39 is 17.5 Å². The Morgan fingerprint density at radius 1 is 1.00 bits per heavy atom. The number of aromatic nitrogens is 2. The summed E-state index contributed by atoms with van der Waals surface area (Å²) in [6, 6.07) is 8.11. The molecule has 100 valence electrons. The molecule has 0 aliphatic carbocycles. The van der Waals surface area contributed by atoms with E-state index in [0.29, 0.717) is 5.52 Å². The molecular formula is C15H9F3N2. The van der Waals surface area contributed by atoms with E-state index in [4.69, 9.17) is 0 Å². The average molecular weight is 274 g/mol. The van der Waals surface area contributed by atoms with Crippen molar-refractivity contribution in [2.75, 3.05) is 0 Å². The molecule has 0 N–H and O–H groups in total. The lowest BCUT2D eigenvalue weighted by molar-refractivity contribution is 0.447. The minimum atomic E-state index is -1.51. The van der Waals surface area contributed by atoms with Crippen LogP contribution in [0, 0.1) is 24.4 Å². The first-order valence-electron chi connectivity index (χ1n) is 5.94. The molecule has 0 fully saturated rings. The lowest BCUT2D eigenvalue weighted by Gasteiger charge is -2.08. The van der Waals surface area contributed by atoms with Crippen LogP contribution in [-0.2, 0) is 0 Å². The van der Waals surface area contributed by atoms with Crippen LogP contribution in [0.1, 0.15) is 5.56 Å². The van der Waals surface area contributed by atoms with E-state index in [2.05, 4.69) is 9.97 Å². The maximum Gasteiger partial charge on any atom is 0.195 e. The summed E-state index contributed by atoms with van der Waals surface area (Å²) in [6.07, 6.45) is 1.53. The summed E-state index contributed by atoms with van der Waals surface area (Å²) in [5.41, 5.74) is 0.743. The van der Waals surface area contributed by atoms with Crippen molar-refractivity contribution < 1.29 is 13.2 Å². The first-order valence-corrected chi connectivity index (χ1v) is 5.94. The molecule has 0 aliphatic rings. The van der Waals surface area contributed by atoms with Gasteiger partial charge < -0.3 is 0 Å². The quantitative estimate of drug-likeness (QED) is 0.626. The van der Waals surface area contributed by atoms with Gasteiger partial charge in [0.25, 0.3) is 0 Å². The Hall–Kier alpha value is -2.43. The van der Waals surface area contributed by atoms with Crippen LogP contribution in [0.2, 0.25) is 0 Å². The van der Waals surface area contributed by atoms with E-state index in [9.17, 15) is 13.2 Å². The van der Waals surface area contributed by atoms with Crippen molar-refractivity contribution in [3.63, 3.8) is 0 Å². The maximum atomic E-state index is 13.9. The Bertz CT molecular complexity index is 816. The predicted molar refractivity (Wildman–Crippen MR) is 69.6 cm³/mol. The molecule has 0 radical (unpaired) electrons. The van der Waals surface area contributed by atoms with Crippen molar-refractivity contribution in [3.05, 3.63) is 59.5 Å². The van der Waals surface area contributed by atoms with Crippen molar-refractivity contribution >= 4 is 10.9 Å². The summed E-state index contributed by atoms with van der Waals surface area (Å²) >= 11 is 0. The van der Waals surface area contributed by atoms with E-state index >= 15 is 0 Å². The molecule has 0 unspecified atom stereocenters. The van der Waals surface area contributed by atoms with Crippen LogP contribution in [0.25, 0.3) is 22.3 Å². The Balaban J connectivity index is 2.28. The summed E-state index contributed by atoms with van der Waals surface area (Å²) in [5.74, 6) is -3.96. The zero-order valence-corrected chi connectivity index (χ0v) is 10.5. The summed E-state index contributed by atoms with van der Waals surface area (Å²) < 4.78 is 40.4. The number of benzene rings is 2. The molecule has 0 saturated heterocycles. The standard InChI is InChI=1S/C15H9F3N2/c1-8-6-10(16)13(17)14(18)12(8)15-19-7-9-4-2-3-5-11(9)20-15/h2-7H,1H3. The van der Waals surface area contributed by atoms with Crippen molar-refractivity contribution in [3.8, 4) is 11.4 Å². The second-order valence-corrected chi connectivity index (χ2v) is 4.43. The van der Waals surface area contributed by atoms with Crippen LogP contribution in [0.5, 0.6) is 0 Å². The van der Waals surface area contributed by atoms with Crippen LogP contribution in [0.3, 0.4) is 0 Å². The van der Waals surface area contributed by atoms with Crippen molar-refractivity contribution in [2.24, 2.45) is 0 Å². The number of nitrogens with zero attached hydrogens (tertiary/aromatic N) is 2.